The summed E-state index contributed by atoms with van der Waals surface area (Å²) in [5.41, 5.74) is 3.18. The van der Waals surface area contributed by atoms with Crippen LogP contribution in [0.5, 0.6) is 0 Å². The number of carbonyl (C=O) groups is 2. The van der Waals surface area contributed by atoms with Crippen LogP contribution in [-0.4, -0.2) is 48.9 Å². The highest BCUT2D eigenvalue weighted by atomic mass is 32.2. The molecule has 3 atom stereocenters. The number of esters is 1. The van der Waals surface area contributed by atoms with Gasteiger partial charge in [0.05, 0.1) is 35.8 Å². The lowest BCUT2D eigenvalue weighted by Gasteiger charge is -2.25. The summed E-state index contributed by atoms with van der Waals surface area (Å²) < 4.78 is 31.5. The van der Waals surface area contributed by atoms with Crippen molar-refractivity contribution >= 4 is 21.8 Å². The van der Waals surface area contributed by atoms with E-state index in [0.717, 1.165) is 18.2 Å². The summed E-state index contributed by atoms with van der Waals surface area (Å²) in [4.78, 5) is 31.9. The fourth-order valence-corrected chi connectivity index (χ4v) is 6.14. The zero-order valence-electron chi connectivity index (χ0n) is 22.8. The molecule has 10 nitrogen and oxygen atoms in total. The van der Waals surface area contributed by atoms with Crippen molar-refractivity contribution in [3.63, 3.8) is 0 Å². The van der Waals surface area contributed by atoms with Crippen LogP contribution in [0.15, 0.2) is 83.8 Å². The SMILES string of the molecule is COC(=O)[C@H](CC(=O)C[C@@H]1C[C@H](c2ccc(C#N)cc2)N(Cc2ccccc2)O1)N(N)S(=O)(=O)c1cccc(C)c1. The second kappa shape index (κ2) is 13.2. The highest BCUT2D eigenvalue weighted by Gasteiger charge is 2.39. The molecule has 0 amide bonds. The summed E-state index contributed by atoms with van der Waals surface area (Å²) in [6, 6.07) is 23.4. The summed E-state index contributed by atoms with van der Waals surface area (Å²) in [6.07, 6.45) is -0.593. The number of nitrogens with two attached hydrogens (primary N) is 1. The Morgan fingerprint density at radius 2 is 1.83 bits per heavy atom. The molecular formula is C30H32N4O6S. The van der Waals surface area contributed by atoms with Crippen LogP contribution in [-0.2, 0) is 35.7 Å². The van der Waals surface area contributed by atoms with Crippen LogP contribution in [0.2, 0.25) is 0 Å². The largest absolute Gasteiger partial charge is 0.468 e. The number of hydrazine groups is 1. The van der Waals surface area contributed by atoms with Crippen LogP contribution in [0.1, 0.15) is 47.6 Å². The van der Waals surface area contributed by atoms with Crippen molar-refractivity contribution in [3.8, 4) is 6.07 Å². The summed E-state index contributed by atoms with van der Waals surface area (Å²) in [5.74, 6) is 4.63. The molecule has 4 rings (SSSR count). The molecule has 0 spiro atoms. The zero-order valence-corrected chi connectivity index (χ0v) is 23.7. The average molecular weight is 577 g/mol. The Kier molecular flexibility index (Phi) is 9.65. The van der Waals surface area contributed by atoms with Crippen LogP contribution in [0.25, 0.3) is 0 Å². The van der Waals surface area contributed by atoms with Gasteiger partial charge in [-0.15, -0.1) is 4.41 Å². The van der Waals surface area contributed by atoms with E-state index in [1.165, 1.54) is 12.1 Å². The van der Waals surface area contributed by atoms with E-state index in [2.05, 4.69) is 6.07 Å². The van der Waals surface area contributed by atoms with Crippen LogP contribution in [0.3, 0.4) is 0 Å². The van der Waals surface area contributed by atoms with Gasteiger partial charge in [-0.25, -0.2) is 8.42 Å². The molecule has 1 aliphatic rings. The monoisotopic (exact) mass is 576 g/mol. The Labute approximate surface area is 239 Å². The number of ether oxygens (including phenoxy) is 1. The molecule has 1 aliphatic heterocycles. The quantitative estimate of drug-likeness (QED) is 0.206. The van der Waals surface area contributed by atoms with Gasteiger partial charge in [-0.3, -0.25) is 20.3 Å². The third kappa shape index (κ3) is 7.24. The molecule has 2 N–H and O–H groups in total. The lowest BCUT2D eigenvalue weighted by Crippen LogP contribution is -2.51. The minimum atomic E-state index is -4.29. The van der Waals surface area contributed by atoms with Crippen LogP contribution in [0.4, 0.5) is 0 Å². The second-order valence-corrected chi connectivity index (χ2v) is 11.8. The van der Waals surface area contributed by atoms with Crippen LogP contribution < -0.4 is 5.84 Å². The Morgan fingerprint density at radius 3 is 2.46 bits per heavy atom. The van der Waals surface area contributed by atoms with Crippen molar-refractivity contribution in [1.82, 2.24) is 9.48 Å². The molecule has 0 unspecified atom stereocenters. The smallest absolute Gasteiger partial charge is 0.326 e. The van der Waals surface area contributed by atoms with E-state index in [4.69, 9.17) is 15.4 Å². The highest BCUT2D eigenvalue weighted by molar-refractivity contribution is 7.89. The summed E-state index contributed by atoms with van der Waals surface area (Å²) in [7, 11) is -3.18. The molecular weight excluding hydrogens is 544 g/mol. The Bertz CT molecular complexity index is 1520. The number of nitrogens with zero attached hydrogens (tertiary/aromatic N) is 3. The standard InChI is InChI=1S/C30H32N4O6S/c1-21-7-6-10-27(15-21)41(37,38)34(32)29(30(36)39-2)17-25(35)16-26-18-28(24-13-11-22(19-31)12-14-24)33(40-26)20-23-8-4-3-5-9-23/h3-15,26,28-29H,16-18,20,32H2,1-2H3/t26-,28-,29+/m1/s1. The van der Waals surface area contributed by atoms with Gasteiger partial charge in [0.2, 0.25) is 0 Å². The molecule has 0 aliphatic carbocycles. The van der Waals surface area contributed by atoms with Gasteiger partial charge in [0, 0.05) is 19.4 Å². The van der Waals surface area contributed by atoms with Crippen molar-refractivity contribution in [2.45, 2.75) is 55.8 Å². The number of nitriles is 1. The normalized spacial score (nSPS) is 18.1. The Hall–Kier alpha value is -3.92. The maximum atomic E-state index is 13.2. The van der Waals surface area contributed by atoms with Gasteiger partial charge in [-0.05, 0) is 54.3 Å². The number of methoxy groups -OCH3 is 1. The van der Waals surface area contributed by atoms with Gasteiger partial charge < -0.3 is 4.74 Å². The number of sulfonamides is 1. The van der Waals surface area contributed by atoms with E-state index < -0.39 is 40.3 Å². The number of aryl methyl sites for hydroxylation is 1. The fourth-order valence-electron chi connectivity index (χ4n) is 4.82. The van der Waals surface area contributed by atoms with Crippen molar-refractivity contribution in [2.24, 2.45) is 5.84 Å². The summed E-state index contributed by atoms with van der Waals surface area (Å²) in [5, 5.41) is 11.0. The van der Waals surface area contributed by atoms with Gasteiger partial charge >= 0.3 is 5.97 Å². The molecule has 0 bridgehead atoms. The average Bonchev–Trinajstić information content (AvgIpc) is 3.37. The number of benzene rings is 3. The molecule has 0 aromatic heterocycles. The molecule has 41 heavy (non-hydrogen) atoms. The van der Waals surface area contributed by atoms with Crippen LogP contribution in [0, 0.1) is 18.3 Å². The molecule has 1 fully saturated rings. The first-order valence-electron chi connectivity index (χ1n) is 13.0. The Morgan fingerprint density at radius 1 is 1.12 bits per heavy atom. The number of carbonyl (C=O) groups excluding carboxylic acids is 2. The van der Waals surface area contributed by atoms with E-state index >= 15 is 0 Å². The summed E-state index contributed by atoms with van der Waals surface area (Å²) >= 11 is 0. The summed E-state index contributed by atoms with van der Waals surface area (Å²) in [6.45, 7) is 2.20. The van der Waals surface area contributed by atoms with Gasteiger partial charge in [-0.2, -0.15) is 10.3 Å². The predicted molar refractivity (Wildman–Crippen MR) is 150 cm³/mol. The predicted octanol–water partition coefficient (Wildman–Crippen LogP) is 3.57. The van der Waals surface area contributed by atoms with Crippen molar-refractivity contribution in [2.75, 3.05) is 7.11 Å². The first kappa shape index (κ1) is 30.0. The van der Waals surface area contributed by atoms with Gasteiger partial charge in [0.15, 0.2) is 0 Å². The highest BCUT2D eigenvalue weighted by Crippen LogP contribution is 2.37. The molecule has 1 saturated heterocycles. The maximum absolute atomic E-state index is 13.2. The zero-order chi connectivity index (χ0) is 29.6. The number of hydrogen-bond donors (Lipinski definition) is 1. The first-order chi connectivity index (χ1) is 19.6. The molecule has 3 aromatic carbocycles. The molecule has 214 valence electrons. The molecule has 3 aromatic rings. The lowest BCUT2D eigenvalue weighted by atomic mass is 9.97. The molecule has 0 saturated carbocycles. The number of ketones is 1. The molecule has 11 heteroatoms. The Balaban J connectivity index is 1.50. The minimum Gasteiger partial charge on any atom is -0.468 e. The van der Waals surface area contributed by atoms with E-state index in [9.17, 15) is 23.3 Å². The van der Waals surface area contributed by atoms with Gasteiger partial charge in [0.1, 0.15) is 11.8 Å². The number of hydroxylamine groups is 2. The number of hydrogen-bond acceptors (Lipinski definition) is 9. The fraction of sp³-hybridized carbons (Fsp3) is 0.300. The minimum absolute atomic E-state index is 0.0656. The van der Waals surface area contributed by atoms with Gasteiger partial charge in [0.25, 0.3) is 10.0 Å². The number of Topliss-reactive ketones (excluding diaryl/α,β-unsaturated/α-hetero) is 1. The first-order valence-corrected chi connectivity index (χ1v) is 14.5. The second-order valence-electron chi connectivity index (χ2n) is 9.91. The maximum Gasteiger partial charge on any atom is 0.326 e. The molecule has 0 radical (unpaired) electrons. The van der Waals surface area contributed by atoms with E-state index in [1.807, 2.05) is 47.5 Å². The number of rotatable bonds is 11. The molecule has 1 heterocycles. The topological polar surface area (TPSA) is 143 Å². The van der Waals surface area contributed by atoms with Crippen molar-refractivity contribution in [3.05, 3.63) is 101 Å². The van der Waals surface area contributed by atoms with E-state index in [1.54, 1.807) is 31.2 Å². The van der Waals surface area contributed by atoms with E-state index in [0.29, 0.717) is 28.5 Å². The third-order valence-corrected chi connectivity index (χ3v) is 8.60. The third-order valence-electron chi connectivity index (χ3n) is 6.95. The van der Waals surface area contributed by atoms with Gasteiger partial charge in [-0.1, -0.05) is 54.6 Å². The lowest BCUT2D eigenvalue weighted by molar-refractivity contribution is -0.174. The van der Waals surface area contributed by atoms with Crippen molar-refractivity contribution < 1.29 is 27.6 Å². The van der Waals surface area contributed by atoms with Crippen molar-refractivity contribution in [1.29, 1.82) is 5.26 Å². The van der Waals surface area contributed by atoms with Crippen LogP contribution >= 0.6 is 0 Å². The van der Waals surface area contributed by atoms with E-state index in [-0.39, 0.29) is 17.4 Å².